The van der Waals surface area contributed by atoms with Gasteiger partial charge in [-0.1, -0.05) is 58.4 Å². The summed E-state index contributed by atoms with van der Waals surface area (Å²) in [7, 11) is 0. The summed E-state index contributed by atoms with van der Waals surface area (Å²) >= 11 is 0. The van der Waals surface area contributed by atoms with Crippen molar-refractivity contribution >= 4 is 0 Å². The molecule has 0 radical (unpaired) electrons. The minimum Gasteiger partial charge on any atom is -0.311 e. The van der Waals surface area contributed by atoms with E-state index in [1.165, 1.54) is 37.7 Å². The highest BCUT2D eigenvalue weighted by Crippen LogP contribution is 2.57. The van der Waals surface area contributed by atoms with Gasteiger partial charge in [0.1, 0.15) is 0 Å². The van der Waals surface area contributed by atoms with Gasteiger partial charge < -0.3 is 5.32 Å². The Hall–Kier alpha value is -1.67. The fourth-order valence-corrected chi connectivity index (χ4v) is 6.19. The van der Waals surface area contributed by atoms with Crippen LogP contribution in [0.5, 0.6) is 0 Å². The van der Waals surface area contributed by atoms with Gasteiger partial charge in [0.2, 0.25) is 0 Å². The summed E-state index contributed by atoms with van der Waals surface area (Å²) in [6, 6.07) is 13.6. The minimum atomic E-state index is 0.322. The Labute approximate surface area is 171 Å². The van der Waals surface area contributed by atoms with Gasteiger partial charge in [0.25, 0.3) is 0 Å². The van der Waals surface area contributed by atoms with Gasteiger partial charge in [0.05, 0.1) is 5.69 Å². The van der Waals surface area contributed by atoms with E-state index in [-0.39, 0.29) is 0 Å². The third kappa shape index (κ3) is 3.52. The van der Waals surface area contributed by atoms with E-state index in [1.807, 2.05) is 12.3 Å². The van der Waals surface area contributed by atoms with Crippen LogP contribution in [0.2, 0.25) is 0 Å². The van der Waals surface area contributed by atoms with Crippen molar-refractivity contribution in [1.82, 2.24) is 10.3 Å². The topological polar surface area (TPSA) is 24.9 Å². The third-order valence-electron chi connectivity index (χ3n) is 7.73. The van der Waals surface area contributed by atoms with E-state index < -0.39 is 0 Å². The number of pyridine rings is 1. The molecule has 1 N–H and O–H groups in total. The molecule has 0 amide bonds. The van der Waals surface area contributed by atoms with Crippen LogP contribution in [0.4, 0.5) is 0 Å². The molecule has 28 heavy (non-hydrogen) atoms. The van der Waals surface area contributed by atoms with E-state index >= 15 is 0 Å². The maximum absolute atomic E-state index is 4.47. The first-order chi connectivity index (χ1) is 13.4. The molecule has 2 nitrogen and oxygen atoms in total. The van der Waals surface area contributed by atoms with Crippen molar-refractivity contribution in [2.75, 3.05) is 6.54 Å². The second-order valence-corrected chi connectivity index (χ2v) is 10.0. The molecule has 2 aliphatic rings. The first-order valence-corrected chi connectivity index (χ1v) is 11.2. The summed E-state index contributed by atoms with van der Waals surface area (Å²) in [6.45, 7) is 11.7. The highest BCUT2D eigenvalue weighted by atomic mass is 14.9. The summed E-state index contributed by atoms with van der Waals surface area (Å²) in [5.41, 5.74) is 6.58. The Morgan fingerprint density at radius 2 is 2.00 bits per heavy atom. The molecule has 1 heterocycles. The molecule has 3 unspecified atom stereocenters. The molecule has 2 aliphatic carbocycles. The van der Waals surface area contributed by atoms with Crippen molar-refractivity contribution in [1.29, 1.82) is 0 Å². The highest BCUT2D eigenvalue weighted by molar-refractivity contribution is 5.42. The Bertz CT molecular complexity index is 812. The van der Waals surface area contributed by atoms with Gasteiger partial charge in [-0.3, -0.25) is 4.98 Å². The maximum atomic E-state index is 4.47. The van der Waals surface area contributed by atoms with Gasteiger partial charge in [-0.15, -0.1) is 0 Å². The molecule has 1 fully saturated rings. The lowest BCUT2D eigenvalue weighted by Gasteiger charge is -2.55. The number of nitrogens with one attached hydrogen (secondary N) is 1. The summed E-state index contributed by atoms with van der Waals surface area (Å²) in [4.78, 5) is 4.47. The van der Waals surface area contributed by atoms with Crippen LogP contribution in [-0.4, -0.2) is 11.5 Å². The zero-order chi connectivity index (χ0) is 19.8. The van der Waals surface area contributed by atoms with Crippen molar-refractivity contribution < 1.29 is 0 Å². The van der Waals surface area contributed by atoms with E-state index in [1.54, 1.807) is 11.1 Å². The van der Waals surface area contributed by atoms with Crippen molar-refractivity contribution in [3.8, 4) is 0 Å². The monoisotopic (exact) mass is 376 g/mol. The zero-order valence-electron chi connectivity index (χ0n) is 18.1. The number of aryl methyl sites for hydroxylation is 1. The van der Waals surface area contributed by atoms with E-state index in [9.17, 15) is 0 Å². The summed E-state index contributed by atoms with van der Waals surface area (Å²) < 4.78 is 0. The zero-order valence-corrected chi connectivity index (χ0v) is 18.1. The van der Waals surface area contributed by atoms with Crippen molar-refractivity contribution in [2.24, 2.45) is 11.3 Å². The smallest absolute Gasteiger partial charge is 0.0541 e. The largest absolute Gasteiger partial charge is 0.311 e. The molecule has 150 valence electrons. The van der Waals surface area contributed by atoms with E-state index in [0.717, 1.165) is 24.7 Å². The molecular formula is C26H36N2. The van der Waals surface area contributed by atoms with Crippen LogP contribution >= 0.6 is 0 Å². The molecule has 0 aliphatic heterocycles. The molecule has 4 rings (SSSR count). The van der Waals surface area contributed by atoms with Crippen molar-refractivity contribution in [3.63, 3.8) is 0 Å². The summed E-state index contributed by atoms with van der Waals surface area (Å²) in [5.74, 6) is 1.37. The van der Waals surface area contributed by atoms with Gasteiger partial charge in [-0.25, -0.2) is 0 Å². The molecule has 0 bridgehead atoms. The number of benzene rings is 1. The molecule has 3 atom stereocenters. The molecule has 1 aromatic heterocycles. The number of rotatable bonds is 5. The lowest BCUT2D eigenvalue weighted by molar-refractivity contribution is 0.0256. The van der Waals surface area contributed by atoms with Crippen molar-refractivity contribution in [3.05, 3.63) is 65.0 Å². The SMILES string of the molecule is CC(C)c1ccc2c(c1)CCC1C(C)(CNCc3ccccn3)CCCC21C. The predicted octanol–water partition coefficient (Wildman–Crippen LogP) is 6.01. The summed E-state index contributed by atoms with van der Waals surface area (Å²) in [6.07, 6.45) is 8.46. The third-order valence-corrected chi connectivity index (χ3v) is 7.73. The summed E-state index contributed by atoms with van der Waals surface area (Å²) in [5, 5.41) is 3.75. The van der Waals surface area contributed by atoms with Crippen LogP contribution in [0.1, 0.15) is 81.7 Å². The predicted molar refractivity (Wildman–Crippen MR) is 118 cm³/mol. The number of hydrogen-bond acceptors (Lipinski definition) is 2. The van der Waals surface area contributed by atoms with Crippen LogP contribution in [0, 0.1) is 11.3 Å². The average Bonchev–Trinajstić information content (AvgIpc) is 2.68. The number of aromatic nitrogens is 1. The Morgan fingerprint density at radius 3 is 2.75 bits per heavy atom. The molecule has 2 heteroatoms. The van der Waals surface area contributed by atoms with E-state index in [0.29, 0.717) is 16.7 Å². The quantitative estimate of drug-likeness (QED) is 0.692. The fraction of sp³-hybridized carbons (Fsp3) is 0.577. The van der Waals surface area contributed by atoms with Gasteiger partial charge in [-0.2, -0.15) is 0 Å². The molecular weight excluding hydrogens is 340 g/mol. The molecule has 1 saturated carbocycles. The van der Waals surface area contributed by atoms with Gasteiger partial charge in [-0.05, 0) is 77.2 Å². The lowest BCUT2D eigenvalue weighted by atomic mass is 9.49. The minimum absolute atomic E-state index is 0.322. The van der Waals surface area contributed by atoms with Crippen LogP contribution in [0.25, 0.3) is 0 Å². The average molecular weight is 377 g/mol. The van der Waals surface area contributed by atoms with Gasteiger partial charge in [0, 0.05) is 19.3 Å². The van der Waals surface area contributed by atoms with Crippen LogP contribution in [-0.2, 0) is 18.4 Å². The fourth-order valence-electron chi connectivity index (χ4n) is 6.19. The van der Waals surface area contributed by atoms with E-state index in [4.69, 9.17) is 0 Å². The Balaban J connectivity index is 1.54. The molecule has 2 aromatic rings. The first-order valence-electron chi connectivity index (χ1n) is 11.2. The molecule has 1 aromatic carbocycles. The Kier molecular flexibility index (Phi) is 5.35. The van der Waals surface area contributed by atoms with Crippen LogP contribution < -0.4 is 5.32 Å². The Morgan fingerprint density at radius 1 is 1.14 bits per heavy atom. The first kappa shape index (κ1) is 19.6. The standard InChI is InChI=1S/C26H36N2/c1-19(2)20-9-11-23-21(16-20)10-12-24-25(3,13-7-14-26(23,24)4)18-27-17-22-8-5-6-15-28-22/h5-6,8-9,11,15-16,19,24,27H,7,10,12-14,17-18H2,1-4H3. The second kappa shape index (κ2) is 7.63. The number of hydrogen-bond donors (Lipinski definition) is 1. The maximum Gasteiger partial charge on any atom is 0.0541 e. The van der Waals surface area contributed by atoms with Crippen LogP contribution in [0.15, 0.2) is 42.6 Å². The second-order valence-electron chi connectivity index (χ2n) is 10.0. The van der Waals surface area contributed by atoms with Gasteiger partial charge in [0.15, 0.2) is 0 Å². The number of nitrogens with zero attached hydrogens (tertiary/aromatic N) is 1. The van der Waals surface area contributed by atoms with E-state index in [2.05, 4.69) is 68.3 Å². The lowest BCUT2D eigenvalue weighted by Crippen LogP contribution is -2.52. The van der Waals surface area contributed by atoms with Gasteiger partial charge >= 0.3 is 0 Å². The molecule has 0 saturated heterocycles. The normalized spacial score (nSPS) is 29.4. The van der Waals surface area contributed by atoms with Crippen LogP contribution in [0.3, 0.4) is 0 Å². The van der Waals surface area contributed by atoms with Crippen molar-refractivity contribution in [2.45, 2.75) is 77.7 Å². The molecule has 0 spiro atoms. The number of fused-ring (bicyclic) bond motifs is 3. The highest BCUT2D eigenvalue weighted by Gasteiger charge is 2.51.